The Morgan fingerprint density at radius 3 is 2.53 bits per heavy atom. The largest absolute Gasteiger partial charge is 0.393 e. The minimum atomic E-state index is -0.277. The van der Waals surface area contributed by atoms with Crippen molar-refractivity contribution >= 4 is 0 Å². The fourth-order valence-corrected chi connectivity index (χ4v) is 2.23. The zero-order valence-corrected chi connectivity index (χ0v) is 10.4. The molecule has 17 heavy (non-hydrogen) atoms. The van der Waals surface area contributed by atoms with Crippen molar-refractivity contribution in [2.75, 3.05) is 26.3 Å². The Morgan fingerprint density at radius 2 is 1.88 bits per heavy atom. The summed E-state index contributed by atoms with van der Waals surface area (Å²) in [5.41, 5.74) is 2.59. The Labute approximate surface area is 103 Å². The molecule has 2 rings (SSSR count). The minimum absolute atomic E-state index is 0.277. The molecule has 0 aromatic heterocycles. The highest BCUT2D eigenvalue weighted by molar-refractivity contribution is 5.27. The SMILES string of the molecule is CC(O)Cc1ccccc1CN1CCOCC1. The lowest BCUT2D eigenvalue weighted by molar-refractivity contribution is 0.0340. The number of rotatable bonds is 4. The van der Waals surface area contributed by atoms with Crippen LogP contribution in [0.25, 0.3) is 0 Å². The first-order valence-electron chi connectivity index (χ1n) is 6.30. The van der Waals surface area contributed by atoms with E-state index in [4.69, 9.17) is 4.74 Å². The molecule has 1 aromatic rings. The molecule has 0 amide bonds. The maximum Gasteiger partial charge on any atom is 0.0594 e. The number of morpholine rings is 1. The van der Waals surface area contributed by atoms with Gasteiger partial charge in [0.1, 0.15) is 0 Å². The highest BCUT2D eigenvalue weighted by atomic mass is 16.5. The third-order valence-corrected chi connectivity index (χ3v) is 3.13. The van der Waals surface area contributed by atoms with E-state index in [1.165, 1.54) is 11.1 Å². The van der Waals surface area contributed by atoms with Crippen LogP contribution in [0.2, 0.25) is 0 Å². The van der Waals surface area contributed by atoms with E-state index in [1.807, 2.05) is 13.0 Å². The van der Waals surface area contributed by atoms with Crippen LogP contribution in [0.4, 0.5) is 0 Å². The monoisotopic (exact) mass is 235 g/mol. The Hall–Kier alpha value is -0.900. The molecule has 1 saturated heterocycles. The zero-order valence-electron chi connectivity index (χ0n) is 10.4. The van der Waals surface area contributed by atoms with Gasteiger partial charge in [-0.3, -0.25) is 4.90 Å². The van der Waals surface area contributed by atoms with Gasteiger partial charge >= 0.3 is 0 Å². The van der Waals surface area contributed by atoms with Crippen molar-refractivity contribution in [3.8, 4) is 0 Å². The second-order valence-electron chi connectivity index (χ2n) is 4.71. The molecule has 0 bridgehead atoms. The molecule has 1 aliphatic heterocycles. The summed E-state index contributed by atoms with van der Waals surface area (Å²) in [7, 11) is 0. The Balaban J connectivity index is 2.03. The summed E-state index contributed by atoms with van der Waals surface area (Å²) in [6.45, 7) is 6.47. The quantitative estimate of drug-likeness (QED) is 0.857. The van der Waals surface area contributed by atoms with E-state index in [2.05, 4.69) is 23.1 Å². The van der Waals surface area contributed by atoms with Crippen LogP contribution in [0.3, 0.4) is 0 Å². The fourth-order valence-electron chi connectivity index (χ4n) is 2.23. The van der Waals surface area contributed by atoms with Gasteiger partial charge < -0.3 is 9.84 Å². The van der Waals surface area contributed by atoms with Crippen molar-refractivity contribution < 1.29 is 9.84 Å². The molecule has 0 aliphatic carbocycles. The summed E-state index contributed by atoms with van der Waals surface area (Å²) in [4.78, 5) is 2.41. The van der Waals surface area contributed by atoms with Crippen molar-refractivity contribution in [1.82, 2.24) is 4.90 Å². The number of benzene rings is 1. The van der Waals surface area contributed by atoms with Gasteiger partial charge in [-0.15, -0.1) is 0 Å². The van der Waals surface area contributed by atoms with E-state index >= 15 is 0 Å². The van der Waals surface area contributed by atoms with Crippen molar-refractivity contribution in [3.05, 3.63) is 35.4 Å². The van der Waals surface area contributed by atoms with Gasteiger partial charge in [0.2, 0.25) is 0 Å². The first-order valence-corrected chi connectivity index (χ1v) is 6.30. The highest BCUT2D eigenvalue weighted by Crippen LogP contribution is 2.14. The second kappa shape index (κ2) is 6.15. The van der Waals surface area contributed by atoms with E-state index < -0.39 is 0 Å². The summed E-state index contributed by atoms with van der Waals surface area (Å²) in [5, 5.41) is 9.50. The van der Waals surface area contributed by atoms with Gasteiger partial charge in [0.05, 0.1) is 19.3 Å². The van der Waals surface area contributed by atoms with E-state index in [9.17, 15) is 5.11 Å². The van der Waals surface area contributed by atoms with Crippen molar-refractivity contribution in [2.45, 2.75) is 26.0 Å². The van der Waals surface area contributed by atoms with Crippen LogP contribution in [0, 0.1) is 0 Å². The molecule has 1 aromatic carbocycles. The number of hydrogen-bond acceptors (Lipinski definition) is 3. The Morgan fingerprint density at radius 1 is 1.24 bits per heavy atom. The number of nitrogens with zero attached hydrogens (tertiary/aromatic N) is 1. The van der Waals surface area contributed by atoms with Gasteiger partial charge in [-0.1, -0.05) is 24.3 Å². The van der Waals surface area contributed by atoms with Crippen LogP contribution in [-0.4, -0.2) is 42.4 Å². The van der Waals surface area contributed by atoms with Gasteiger partial charge in [-0.05, 0) is 24.5 Å². The predicted octanol–water partition coefficient (Wildman–Crippen LogP) is 1.44. The first kappa shape index (κ1) is 12.6. The molecule has 1 heterocycles. The van der Waals surface area contributed by atoms with E-state index in [-0.39, 0.29) is 6.10 Å². The summed E-state index contributed by atoms with van der Waals surface area (Å²) in [6, 6.07) is 8.39. The van der Waals surface area contributed by atoms with Gasteiger partial charge in [-0.25, -0.2) is 0 Å². The Kier molecular flexibility index (Phi) is 4.54. The molecule has 3 heteroatoms. The van der Waals surface area contributed by atoms with Crippen LogP contribution in [0.15, 0.2) is 24.3 Å². The van der Waals surface area contributed by atoms with Crippen molar-refractivity contribution in [2.24, 2.45) is 0 Å². The zero-order chi connectivity index (χ0) is 12.1. The summed E-state index contributed by atoms with van der Waals surface area (Å²) in [6.07, 6.45) is 0.460. The molecule has 0 spiro atoms. The summed E-state index contributed by atoms with van der Waals surface area (Å²) < 4.78 is 5.35. The smallest absolute Gasteiger partial charge is 0.0594 e. The normalized spacial score (nSPS) is 19.2. The van der Waals surface area contributed by atoms with Crippen molar-refractivity contribution in [1.29, 1.82) is 0 Å². The first-order chi connectivity index (χ1) is 8.25. The van der Waals surface area contributed by atoms with Gasteiger partial charge in [0.25, 0.3) is 0 Å². The van der Waals surface area contributed by atoms with Crippen LogP contribution in [0.5, 0.6) is 0 Å². The van der Waals surface area contributed by atoms with E-state index in [0.717, 1.165) is 39.3 Å². The van der Waals surface area contributed by atoms with Crippen LogP contribution in [-0.2, 0) is 17.7 Å². The number of ether oxygens (including phenoxy) is 1. The molecule has 1 unspecified atom stereocenters. The molecule has 1 fully saturated rings. The second-order valence-corrected chi connectivity index (χ2v) is 4.71. The molecule has 0 radical (unpaired) electrons. The average Bonchev–Trinajstić information content (AvgIpc) is 2.32. The average molecular weight is 235 g/mol. The number of hydrogen-bond donors (Lipinski definition) is 1. The third-order valence-electron chi connectivity index (χ3n) is 3.13. The molecule has 1 N–H and O–H groups in total. The van der Waals surface area contributed by atoms with Crippen LogP contribution < -0.4 is 0 Å². The maximum absolute atomic E-state index is 9.50. The summed E-state index contributed by atoms with van der Waals surface area (Å²) >= 11 is 0. The topological polar surface area (TPSA) is 32.7 Å². The molecule has 3 nitrogen and oxygen atoms in total. The van der Waals surface area contributed by atoms with E-state index in [1.54, 1.807) is 0 Å². The molecule has 0 saturated carbocycles. The van der Waals surface area contributed by atoms with Crippen LogP contribution in [0.1, 0.15) is 18.1 Å². The van der Waals surface area contributed by atoms with Gasteiger partial charge in [0.15, 0.2) is 0 Å². The molecule has 94 valence electrons. The lowest BCUT2D eigenvalue weighted by atomic mass is 10.0. The lowest BCUT2D eigenvalue weighted by Gasteiger charge is -2.27. The minimum Gasteiger partial charge on any atom is -0.393 e. The fraction of sp³-hybridized carbons (Fsp3) is 0.571. The standard InChI is InChI=1S/C14H21NO2/c1-12(16)10-13-4-2-3-5-14(13)11-15-6-8-17-9-7-15/h2-5,12,16H,6-11H2,1H3. The molecule has 1 aliphatic rings. The molecular formula is C14H21NO2. The van der Waals surface area contributed by atoms with Crippen molar-refractivity contribution in [3.63, 3.8) is 0 Å². The Bertz CT molecular complexity index is 346. The third kappa shape index (κ3) is 3.80. The predicted molar refractivity (Wildman–Crippen MR) is 67.9 cm³/mol. The highest BCUT2D eigenvalue weighted by Gasteiger charge is 2.13. The van der Waals surface area contributed by atoms with Gasteiger partial charge in [-0.2, -0.15) is 0 Å². The maximum atomic E-state index is 9.50. The van der Waals surface area contributed by atoms with E-state index in [0.29, 0.717) is 0 Å². The lowest BCUT2D eigenvalue weighted by Crippen LogP contribution is -2.35. The van der Waals surface area contributed by atoms with Gasteiger partial charge in [0, 0.05) is 19.6 Å². The summed E-state index contributed by atoms with van der Waals surface area (Å²) in [5.74, 6) is 0. The molecular weight excluding hydrogens is 214 g/mol. The molecule has 1 atom stereocenters. The number of aliphatic hydroxyl groups is 1. The number of aliphatic hydroxyl groups excluding tert-OH is 1. The van der Waals surface area contributed by atoms with Crippen LogP contribution >= 0.6 is 0 Å².